The van der Waals surface area contributed by atoms with E-state index < -0.39 is 6.29 Å². The van der Waals surface area contributed by atoms with E-state index in [0.717, 1.165) is 44.6 Å². The molecule has 23 heavy (non-hydrogen) atoms. The number of alkyl halides is 2. The summed E-state index contributed by atoms with van der Waals surface area (Å²) in [6.07, 6.45) is -1.25. The van der Waals surface area contributed by atoms with Crippen LogP contribution in [0.1, 0.15) is 24.4 Å². The first-order chi connectivity index (χ1) is 10.1. The van der Waals surface area contributed by atoms with Crippen LogP contribution in [-0.4, -0.2) is 37.4 Å². The maximum absolute atomic E-state index is 13.4. The lowest BCUT2D eigenvalue weighted by atomic mass is 9.98. The Kier molecular flexibility index (Phi) is 5.61. The third kappa shape index (κ3) is 3.65. The second-order valence-electron chi connectivity index (χ2n) is 5.91. The second kappa shape index (κ2) is 6.97. The largest absolute Gasteiger partial charge is 0.586 e. The minimum Gasteiger partial charge on any atom is -0.395 e. The Morgan fingerprint density at radius 1 is 1.13 bits per heavy atom. The van der Waals surface area contributed by atoms with Gasteiger partial charge in [0, 0.05) is 37.8 Å². The molecule has 4 rings (SSSR count). The van der Waals surface area contributed by atoms with Gasteiger partial charge in [0.1, 0.15) is 0 Å². The van der Waals surface area contributed by atoms with Gasteiger partial charge in [-0.2, -0.15) is 0 Å². The Morgan fingerprint density at radius 3 is 2.48 bits per heavy atom. The molecule has 1 N–H and O–H groups in total. The summed E-state index contributed by atoms with van der Waals surface area (Å²) in [6, 6.07) is 5.37. The summed E-state index contributed by atoms with van der Waals surface area (Å²) in [5, 5.41) is 3.33. The molecule has 0 radical (unpaired) electrons. The maximum Gasteiger partial charge on any atom is 0.586 e. The van der Waals surface area contributed by atoms with Crippen LogP contribution in [0.3, 0.4) is 0 Å². The van der Waals surface area contributed by atoms with E-state index in [-0.39, 0.29) is 42.4 Å². The molecular formula is C15H20Cl2F2N2O2. The molecule has 1 saturated heterocycles. The third-order valence-corrected chi connectivity index (χ3v) is 4.39. The van der Waals surface area contributed by atoms with Crippen LogP contribution in [0.2, 0.25) is 0 Å². The minimum absolute atomic E-state index is 0. The number of para-hydroxylation sites is 1. The van der Waals surface area contributed by atoms with Crippen molar-refractivity contribution in [3.05, 3.63) is 23.8 Å². The van der Waals surface area contributed by atoms with E-state index in [1.165, 1.54) is 0 Å². The highest BCUT2D eigenvalue weighted by Gasteiger charge is 2.47. The summed E-state index contributed by atoms with van der Waals surface area (Å²) >= 11 is 0. The number of nitrogens with zero attached hydrogens (tertiary/aromatic N) is 1. The fourth-order valence-electron chi connectivity index (χ4n) is 3.34. The van der Waals surface area contributed by atoms with Crippen molar-refractivity contribution in [2.45, 2.75) is 25.2 Å². The molecule has 1 saturated carbocycles. The number of halogens is 4. The zero-order valence-corrected chi connectivity index (χ0v) is 14.1. The summed E-state index contributed by atoms with van der Waals surface area (Å²) in [6.45, 7) is 3.74. The first kappa shape index (κ1) is 18.5. The molecule has 2 aliphatic heterocycles. The van der Waals surface area contributed by atoms with Crippen LogP contribution in [0.15, 0.2) is 18.2 Å². The summed E-state index contributed by atoms with van der Waals surface area (Å²) in [5.74, 6) is 0.906. The van der Waals surface area contributed by atoms with Crippen molar-refractivity contribution in [3.63, 3.8) is 0 Å². The highest BCUT2D eigenvalue weighted by Crippen LogP contribution is 2.52. The topological polar surface area (TPSA) is 33.7 Å². The molecule has 2 fully saturated rings. The van der Waals surface area contributed by atoms with Gasteiger partial charge in [-0.3, -0.25) is 4.90 Å². The first-order valence-electron chi connectivity index (χ1n) is 7.47. The van der Waals surface area contributed by atoms with Crippen molar-refractivity contribution in [1.82, 2.24) is 10.2 Å². The SMILES string of the molecule is Cl.Cl.FC1(F)Oc2cccc([C@@H](C3CC3)N3CCNCC3)c2O1. The number of benzene rings is 1. The van der Waals surface area contributed by atoms with Crippen LogP contribution in [0.25, 0.3) is 0 Å². The summed E-state index contributed by atoms with van der Waals surface area (Å²) in [7, 11) is 0. The van der Waals surface area contributed by atoms with Crippen LogP contribution >= 0.6 is 24.8 Å². The lowest BCUT2D eigenvalue weighted by molar-refractivity contribution is -0.287. The van der Waals surface area contributed by atoms with E-state index in [1.54, 1.807) is 12.1 Å². The van der Waals surface area contributed by atoms with Crippen molar-refractivity contribution in [2.75, 3.05) is 26.2 Å². The zero-order chi connectivity index (χ0) is 14.4. The predicted molar refractivity (Wildman–Crippen MR) is 87.0 cm³/mol. The van der Waals surface area contributed by atoms with Crippen molar-refractivity contribution in [3.8, 4) is 11.5 Å². The highest BCUT2D eigenvalue weighted by atomic mass is 35.5. The Labute approximate surface area is 146 Å². The summed E-state index contributed by atoms with van der Waals surface area (Å²) in [5.41, 5.74) is 0.842. The molecule has 0 unspecified atom stereocenters. The van der Waals surface area contributed by atoms with E-state index in [2.05, 4.69) is 15.0 Å². The summed E-state index contributed by atoms with van der Waals surface area (Å²) in [4.78, 5) is 2.38. The zero-order valence-electron chi connectivity index (χ0n) is 12.5. The van der Waals surface area contributed by atoms with Gasteiger partial charge in [0.25, 0.3) is 0 Å². The number of nitrogens with one attached hydrogen (secondary N) is 1. The number of ether oxygens (including phenoxy) is 2. The van der Waals surface area contributed by atoms with Gasteiger partial charge >= 0.3 is 6.29 Å². The molecule has 1 aromatic carbocycles. The molecule has 1 atom stereocenters. The van der Waals surface area contributed by atoms with Gasteiger partial charge in [-0.1, -0.05) is 12.1 Å². The van der Waals surface area contributed by atoms with Crippen LogP contribution in [-0.2, 0) is 0 Å². The molecule has 0 spiro atoms. The number of rotatable bonds is 3. The number of piperazine rings is 1. The Balaban J connectivity index is 0.000000960. The molecule has 0 bridgehead atoms. The van der Waals surface area contributed by atoms with Gasteiger partial charge in [-0.25, -0.2) is 0 Å². The molecule has 130 valence electrons. The second-order valence-corrected chi connectivity index (χ2v) is 5.91. The quantitative estimate of drug-likeness (QED) is 0.887. The van der Waals surface area contributed by atoms with Crippen molar-refractivity contribution >= 4 is 24.8 Å². The van der Waals surface area contributed by atoms with Crippen LogP contribution in [0, 0.1) is 5.92 Å². The van der Waals surface area contributed by atoms with E-state index >= 15 is 0 Å². The third-order valence-electron chi connectivity index (χ3n) is 4.39. The van der Waals surface area contributed by atoms with Gasteiger partial charge in [0.05, 0.1) is 0 Å². The maximum atomic E-state index is 13.4. The molecule has 1 aliphatic carbocycles. The first-order valence-corrected chi connectivity index (χ1v) is 7.47. The molecule has 4 nitrogen and oxygen atoms in total. The standard InChI is InChI=1S/C15H18F2N2O2.2ClH/c16-15(17)20-12-3-1-2-11(14(12)21-15)13(10-4-5-10)19-8-6-18-7-9-19;;/h1-3,10,13,18H,4-9H2;2*1H/t13-;;/m1../s1. The smallest absolute Gasteiger partial charge is 0.395 e. The number of hydrogen-bond donors (Lipinski definition) is 1. The molecule has 0 amide bonds. The normalized spacial score (nSPS) is 23.6. The molecular weight excluding hydrogens is 349 g/mol. The van der Waals surface area contributed by atoms with Crippen LogP contribution < -0.4 is 14.8 Å². The van der Waals surface area contributed by atoms with E-state index in [0.29, 0.717) is 5.92 Å². The molecule has 3 aliphatic rings. The van der Waals surface area contributed by atoms with Gasteiger partial charge < -0.3 is 14.8 Å². The van der Waals surface area contributed by atoms with Gasteiger partial charge in [0.2, 0.25) is 0 Å². The number of fused-ring (bicyclic) bond motifs is 1. The molecule has 0 aromatic heterocycles. The Hall–Kier alpha value is -0.820. The highest BCUT2D eigenvalue weighted by molar-refractivity contribution is 5.85. The lowest BCUT2D eigenvalue weighted by Crippen LogP contribution is -2.45. The molecule has 1 aromatic rings. The minimum atomic E-state index is -3.55. The molecule has 8 heteroatoms. The van der Waals surface area contributed by atoms with Gasteiger partial charge in [0.15, 0.2) is 11.5 Å². The predicted octanol–water partition coefficient (Wildman–Crippen LogP) is 3.21. The number of hydrogen-bond acceptors (Lipinski definition) is 4. The van der Waals surface area contributed by atoms with Crippen molar-refractivity contribution < 1.29 is 18.3 Å². The molecule has 2 heterocycles. The average Bonchev–Trinajstić information content (AvgIpc) is 3.22. The van der Waals surface area contributed by atoms with Crippen LogP contribution in [0.4, 0.5) is 8.78 Å². The van der Waals surface area contributed by atoms with Crippen LogP contribution in [0.5, 0.6) is 11.5 Å². The van der Waals surface area contributed by atoms with E-state index in [1.807, 2.05) is 6.07 Å². The van der Waals surface area contributed by atoms with Crippen molar-refractivity contribution in [2.24, 2.45) is 5.92 Å². The summed E-state index contributed by atoms with van der Waals surface area (Å²) < 4.78 is 36.1. The monoisotopic (exact) mass is 368 g/mol. The fourth-order valence-corrected chi connectivity index (χ4v) is 3.34. The van der Waals surface area contributed by atoms with E-state index in [9.17, 15) is 8.78 Å². The average molecular weight is 369 g/mol. The van der Waals surface area contributed by atoms with Gasteiger partial charge in [-0.05, 0) is 24.8 Å². The fraction of sp³-hybridized carbons (Fsp3) is 0.600. The van der Waals surface area contributed by atoms with Gasteiger partial charge in [-0.15, -0.1) is 33.6 Å². The lowest BCUT2D eigenvalue weighted by Gasteiger charge is -2.35. The Morgan fingerprint density at radius 2 is 1.83 bits per heavy atom. The van der Waals surface area contributed by atoms with Crippen molar-refractivity contribution in [1.29, 1.82) is 0 Å². The Bertz CT molecular complexity index is 552. The van der Waals surface area contributed by atoms with E-state index in [4.69, 9.17) is 4.74 Å².